The van der Waals surface area contributed by atoms with Gasteiger partial charge in [-0.15, -0.1) is 0 Å². The van der Waals surface area contributed by atoms with E-state index in [1.54, 1.807) is 6.92 Å². The fourth-order valence-electron chi connectivity index (χ4n) is 1.34. The zero-order valence-corrected chi connectivity index (χ0v) is 10.3. The van der Waals surface area contributed by atoms with Crippen molar-refractivity contribution >= 4 is 5.97 Å². The summed E-state index contributed by atoms with van der Waals surface area (Å²) in [5.74, 6) is -1.16. The van der Waals surface area contributed by atoms with Gasteiger partial charge in [-0.3, -0.25) is 13.9 Å². The molecule has 0 aliphatic carbocycles. The zero-order valence-electron chi connectivity index (χ0n) is 10.3. The van der Waals surface area contributed by atoms with Crippen molar-refractivity contribution in [2.45, 2.75) is 32.7 Å². The fourth-order valence-corrected chi connectivity index (χ4v) is 1.34. The SMILES string of the molecule is COC(=O)CCC/C=C(/F)Cn1c(C)noc1=O. The Morgan fingerprint density at radius 1 is 1.61 bits per heavy atom. The number of halogens is 1. The lowest BCUT2D eigenvalue weighted by Crippen LogP contribution is -2.16. The van der Waals surface area contributed by atoms with Gasteiger partial charge >= 0.3 is 11.7 Å². The van der Waals surface area contributed by atoms with Gasteiger partial charge < -0.3 is 4.74 Å². The van der Waals surface area contributed by atoms with E-state index >= 15 is 0 Å². The maximum absolute atomic E-state index is 13.4. The molecule has 0 aliphatic heterocycles. The van der Waals surface area contributed by atoms with Crippen molar-refractivity contribution in [3.05, 3.63) is 28.3 Å². The van der Waals surface area contributed by atoms with Crippen LogP contribution in [-0.2, 0) is 16.1 Å². The lowest BCUT2D eigenvalue weighted by Gasteiger charge is -1.99. The maximum Gasteiger partial charge on any atom is 0.441 e. The molecule has 0 atom stereocenters. The summed E-state index contributed by atoms with van der Waals surface area (Å²) >= 11 is 0. The van der Waals surface area contributed by atoms with E-state index in [0.29, 0.717) is 18.7 Å². The van der Waals surface area contributed by atoms with E-state index in [1.165, 1.54) is 13.2 Å². The molecule has 0 fully saturated rings. The van der Waals surface area contributed by atoms with Gasteiger partial charge in [0.1, 0.15) is 5.83 Å². The standard InChI is InChI=1S/C11H15FN2O4/c1-8-13-18-11(16)14(8)7-9(12)5-3-4-6-10(15)17-2/h5H,3-4,6-7H2,1-2H3/b9-5+. The van der Waals surface area contributed by atoms with E-state index in [2.05, 4.69) is 14.4 Å². The summed E-state index contributed by atoms with van der Waals surface area (Å²) in [5.41, 5.74) is 0. The van der Waals surface area contributed by atoms with Crippen LogP contribution >= 0.6 is 0 Å². The quantitative estimate of drug-likeness (QED) is 0.568. The van der Waals surface area contributed by atoms with Crippen LogP contribution in [0.3, 0.4) is 0 Å². The summed E-state index contributed by atoms with van der Waals surface area (Å²) in [4.78, 5) is 21.9. The Labute approximate surface area is 103 Å². The average Bonchev–Trinajstić information content (AvgIpc) is 2.66. The molecule has 6 nitrogen and oxygen atoms in total. The van der Waals surface area contributed by atoms with E-state index < -0.39 is 11.6 Å². The van der Waals surface area contributed by atoms with Gasteiger partial charge in [0.2, 0.25) is 0 Å². The minimum atomic E-state index is -0.689. The number of unbranched alkanes of at least 4 members (excludes halogenated alkanes) is 1. The highest BCUT2D eigenvalue weighted by molar-refractivity contribution is 5.69. The van der Waals surface area contributed by atoms with Crippen molar-refractivity contribution in [1.29, 1.82) is 0 Å². The fraction of sp³-hybridized carbons (Fsp3) is 0.545. The molecule has 0 N–H and O–H groups in total. The molecule has 0 aliphatic rings. The van der Waals surface area contributed by atoms with Crippen LogP contribution in [0.4, 0.5) is 4.39 Å². The number of methoxy groups -OCH3 is 1. The molecule has 1 aromatic rings. The largest absolute Gasteiger partial charge is 0.469 e. The first-order valence-corrected chi connectivity index (χ1v) is 5.49. The second kappa shape index (κ2) is 6.73. The molecule has 1 aromatic heterocycles. The number of allylic oxidation sites excluding steroid dienone is 2. The number of esters is 1. The topological polar surface area (TPSA) is 74.3 Å². The summed E-state index contributed by atoms with van der Waals surface area (Å²) in [5, 5.41) is 3.42. The smallest absolute Gasteiger partial charge is 0.441 e. The number of hydrogen-bond donors (Lipinski definition) is 0. The molecule has 0 spiro atoms. The first-order valence-electron chi connectivity index (χ1n) is 5.49. The Kier molecular flexibility index (Phi) is 5.29. The number of hydrogen-bond acceptors (Lipinski definition) is 5. The molecule has 100 valence electrons. The second-order valence-corrected chi connectivity index (χ2v) is 3.70. The molecular weight excluding hydrogens is 243 g/mol. The number of nitrogens with zero attached hydrogens (tertiary/aromatic N) is 2. The van der Waals surface area contributed by atoms with E-state index in [1.807, 2.05) is 0 Å². The summed E-state index contributed by atoms with van der Waals surface area (Å²) in [6.07, 6.45) is 2.48. The lowest BCUT2D eigenvalue weighted by molar-refractivity contribution is -0.140. The third-order valence-corrected chi connectivity index (χ3v) is 2.35. The van der Waals surface area contributed by atoms with Crippen LogP contribution in [0, 0.1) is 6.92 Å². The molecule has 0 amide bonds. The van der Waals surface area contributed by atoms with Crippen LogP contribution in [0.15, 0.2) is 21.2 Å². The number of rotatable bonds is 6. The molecule has 0 unspecified atom stereocenters. The monoisotopic (exact) mass is 258 g/mol. The summed E-state index contributed by atoms with van der Waals surface area (Å²) in [7, 11) is 1.31. The Morgan fingerprint density at radius 3 is 2.89 bits per heavy atom. The molecule has 1 heterocycles. The van der Waals surface area contributed by atoms with Gasteiger partial charge in [0.25, 0.3) is 0 Å². The maximum atomic E-state index is 13.4. The summed E-state index contributed by atoms with van der Waals surface area (Å²) in [6, 6.07) is 0. The van der Waals surface area contributed by atoms with Crippen molar-refractivity contribution < 1.29 is 18.4 Å². The highest BCUT2D eigenvalue weighted by Crippen LogP contribution is 2.06. The highest BCUT2D eigenvalue weighted by atomic mass is 19.1. The predicted octanol–water partition coefficient (Wildman–Crippen LogP) is 1.34. The first kappa shape index (κ1) is 14.1. The van der Waals surface area contributed by atoms with Crippen LogP contribution in [0.25, 0.3) is 0 Å². The van der Waals surface area contributed by atoms with Crippen LogP contribution < -0.4 is 5.76 Å². The van der Waals surface area contributed by atoms with Crippen molar-refractivity contribution in [2.75, 3.05) is 7.11 Å². The lowest BCUT2D eigenvalue weighted by atomic mass is 10.2. The third kappa shape index (κ3) is 4.15. The Hall–Kier alpha value is -1.92. The molecule has 0 radical (unpaired) electrons. The molecule has 7 heteroatoms. The molecule has 0 saturated carbocycles. The summed E-state index contributed by atoms with van der Waals surface area (Å²) in [6.45, 7) is 1.35. The van der Waals surface area contributed by atoms with Gasteiger partial charge in [-0.2, -0.15) is 0 Å². The van der Waals surface area contributed by atoms with Crippen LogP contribution in [0.2, 0.25) is 0 Å². The average molecular weight is 258 g/mol. The van der Waals surface area contributed by atoms with Gasteiger partial charge in [-0.25, -0.2) is 9.18 Å². The van der Waals surface area contributed by atoms with Crippen molar-refractivity contribution in [3.8, 4) is 0 Å². The third-order valence-electron chi connectivity index (χ3n) is 2.35. The van der Waals surface area contributed by atoms with Crippen LogP contribution in [0.1, 0.15) is 25.1 Å². The molecule has 18 heavy (non-hydrogen) atoms. The van der Waals surface area contributed by atoms with Crippen LogP contribution in [-0.4, -0.2) is 22.8 Å². The van der Waals surface area contributed by atoms with Crippen molar-refractivity contribution in [2.24, 2.45) is 0 Å². The first-order chi connectivity index (χ1) is 8.54. The van der Waals surface area contributed by atoms with Crippen molar-refractivity contribution in [3.63, 3.8) is 0 Å². The number of carbonyl (C=O) groups excluding carboxylic acids is 1. The minimum absolute atomic E-state index is 0.202. The van der Waals surface area contributed by atoms with Gasteiger partial charge in [-0.1, -0.05) is 11.2 Å². The van der Waals surface area contributed by atoms with Crippen molar-refractivity contribution in [1.82, 2.24) is 9.72 Å². The van der Waals surface area contributed by atoms with Crippen LogP contribution in [0.5, 0.6) is 0 Å². The van der Waals surface area contributed by atoms with E-state index in [-0.39, 0.29) is 18.9 Å². The van der Waals surface area contributed by atoms with E-state index in [4.69, 9.17) is 0 Å². The Morgan fingerprint density at radius 2 is 2.33 bits per heavy atom. The number of aryl methyl sites for hydroxylation is 1. The molecule has 0 bridgehead atoms. The van der Waals surface area contributed by atoms with Gasteiger partial charge in [0.15, 0.2) is 5.82 Å². The zero-order chi connectivity index (χ0) is 13.5. The van der Waals surface area contributed by atoms with Gasteiger partial charge in [-0.05, 0) is 19.8 Å². The highest BCUT2D eigenvalue weighted by Gasteiger charge is 2.07. The van der Waals surface area contributed by atoms with E-state index in [9.17, 15) is 14.0 Å². The van der Waals surface area contributed by atoms with Gasteiger partial charge in [0.05, 0.1) is 13.7 Å². The molecular formula is C11H15FN2O4. The predicted molar refractivity (Wildman–Crippen MR) is 60.6 cm³/mol. The molecule has 0 aromatic carbocycles. The number of aromatic nitrogens is 2. The Balaban J connectivity index is 2.43. The normalized spacial score (nSPS) is 11.6. The minimum Gasteiger partial charge on any atom is -0.469 e. The molecule has 1 rings (SSSR count). The Bertz CT molecular complexity index is 489. The van der Waals surface area contributed by atoms with Gasteiger partial charge in [0, 0.05) is 6.42 Å². The second-order valence-electron chi connectivity index (χ2n) is 3.70. The number of carbonyl (C=O) groups is 1. The van der Waals surface area contributed by atoms with E-state index in [0.717, 1.165) is 4.57 Å². The molecule has 0 saturated heterocycles. The number of ether oxygens (including phenoxy) is 1. The summed E-state index contributed by atoms with van der Waals surface area (Å²) < 4.78 is 23.4.